The molecular formula is C48H48N2. The van der Waals surface area contributed by atoms with Crippen LogP contribution in [-0.2, 0) is 0 Å². The monoisotopic (exact) mass is 652 g/mol. The van der Waals surface area contributed by atoms with Gasteiger partial charge < -0.3 is 0 Å². The third kappa shape index (κ3) is 3.24. The summed E-state index contributed by atoms with van der Waals surface area (Å²) in [5.74, 6) is 0. The minimum atomic E-state index is 1.06. The van der Waals surface area contributed by atoms with Crippen molar-refractivity contribution in [3.63, 3.8) is 0 Å². The topological polar surface area (TPSA) is 25.8 Å². The molecule has 0 fully saturated rings. The summed E-state index contributed by atoms with van der Waals surface area (Å²) in [6.07, 6.45) is 0. The van der Waals surface area contributed by atoms with Crippen LogP contribution in [0.1, 0.15) is 89.0 Å². The van der Waals surface area contributed by atoms with Crippen LogP contribution in [0, 0.1) is 111 Å². The van der Waals surface area contributed by atoms with Crippen molar-refractivity contribution in [2.24, 2.45) is 0 Å². The number of hydrogen-bond acceptors (Lipinski definition) is 2. The zero-order chi connectivity index (χ0) is 35.9. The lowest BCUT2D eigenvalue weighted by molar-refractivity contribution is 1.25. The number of aryl methyl sites for hydroxylation is 10. The van der Waals surface area contributed by atoms with Gasteiger partial charge in [0.05, 0.1) is 22.1 Å². The molecule has 2 nitrogen and oxygen atoms in total. The molecule has 0 aliphatic carbocycles. The van der Waals surface area contributed by atoms with Crippen molar-refractivity contribution in [1.29, 1.82) is 0 Å². The minimum Gasteiger partial charge on any atom is -0.243 e. The summed E-state index contributed by atoms with van der Waals surface area (Å²) in [6.45, 7) is 37.1. The van der Waals surface area contributed by atoms with Crippen LogP contribution >= 0.6 is 0 Å². The Morgan fingerprint density at radius 1 is 0.160 bits per heavy atom. The van der Waals surface area contributed by atoms with Crippen molar-refractivity contribution in [2.45, 2.75) is 111 Å². The van der Waals surface area contributed by atoms with Crippen molar-refractivity contribution >= 4 is 86.7 Å². The number of fused-ring (bicyclic) bond motifs is 10. The van der Waals surface area contributed by atoms with Crippen molar-refractivity contribution in [1.82, 2.24) is 9.97 Å². The quantitative estimate of drug-likeness (QED) is 0.152. The molecular weight excluding hydrogens is 605 g/mol. The molecule has 0 unspecified atom stereocenters. The first-order valence-corrected chi connectivity index (χ1v) is 18.4. The summed E-state index contributed by atoms with van der Waals surface area (Å²) in [4.78, 5) is 11.8. The van der Waals surface area contributed by atoms with Gasteiger partial charge >= 0.3 is 0 Å². The highest BCUT2D eigenvalue weighted by molar-refractivity contribution is 6.42. The summed E-state index contributed by atoms with van der Waals surface area (Å²) >= 11 is 0. The van der Waals surface area contributed by atoms with Crippen molar-refractivity contribution in [3.8, 4) is 0 Å². The van der Waals surface area contributed by atoms with Gasteiger partial charge in [0.2, 0.25) is 0 Å². The molecule has 2 heteroatoms. The second-order valence-electron chi connectivity index (χ2n) is 16.1. The van der Waals surface area contributed by atoms with E-state index in [2.05, 4.69) is 111 Å². The molecule has 0 saturated carbocycles. The van der Waals surface area contributed by atoms with Crippen LogP contribution in [0.2, 0.25) is 0 Å². The van der Waals surface area contributed by atoms with Gasteiger partial charge in [0, 0.05) is 32.3 Å². The lowest BCUT2D eigenvalue weighted by atomic mass is 9.83. The van der Waals surface area contributed by atoms with E-state index in [1.165, 1.54) is 154 Å². The molecule has 0 bridgehead atoms. The lowest BCUT2D eigenvalue weighted by Gasteiger charge is -2.21. The molecule has 250 valence electrons. The van der Waals surface area contributed by atoms with E-state index in [0.29, 0.717) is 0 Å². The minimum absolute atomic E-state index is 1.06. The first-order chi connectivity index (χ1) is 23.5. The summed E-state index contributed by atoms with van der Waals surface area (Å²) in [6, 6.07) is 0. The van der Waals surface area contributed by atoms with Gasteiger partial charge in [-0.15, -0.1) is 0 Å². The lowest BCUT2D eigenvalue weighted by Crippen LogP contribution is -1.99. The molecule has 0 atom stereocenters. The fourth-order valence-corrected chi connectivity index (χ4v) is 10.6. The molecule has 0 aliphatic heterocycles. The Balaban J connectivity index is 1.71. The molecule has 9 aromatic rings. The molecule has 0 amide bonds. The molecule has 9 rings (SSSR count). The second-order valence-corrected chi connectivity index (χ2v) is 16.1. The highest BCUT2D eigenvalue weighted by atomic mass is 14.8. The van der Waals surface area contributed by atoms with Crippen LogP contribution in [0.3, 0.4) is 0 Å². The normalized spacial score (nSPS) is 12.8. The van der Waals surface area contributed by atoms with E-state index in [0.717, 1.165) is 22.1 Å². The predicted octanol–water partition coefficient (Wildman–Crippen LogP) is 13.5. The zero-order valence-corrected chi connectivity index (χ0v) is 32.9. The van der Waals surface area contributed by atoms with Gasteiger partial charge in [-0.3, -0.25) is 0 Å². The number of rotatable bonds is 0. The molecule has 1 aromatic heterocycles. The first kappa shape index (κ1) is 31.4. The maximum absolute atomic E-state index is 5.91. The average Bonchev–Trinajstić information content (AvgIpc) is 3.59. The van der Waals surface area contributed by atoms with Crippen molar-refractivity contribution in [3.05, 3.63) is 89.0 Å². The van der Waals surface area contributed by atoms with Gasteiger partial charge in [0.25, 0.3) is 0 Å². The average molecular weight is 653 g/mol. The molecule has 0 aliphatic rings. The Morgan fingerprint density at radius 2 is 0.360 bits per heavy atom. The molecule has 8 aromatic carbocycles. The Kier molecular flexibility index (Phi) is 6.04. The van der Waals surface area contributed by atoms with E-state index < -0.39 is 0 Å². The number of nitrogens with zero attached hydrogens (tertiary/aromatic N) is 2. The van der Waals surface area contributed by atoms with Crippen LogP contribution in [0.5, 0.6) is 0 Å². The van der Waals surface area contributed by atoms with Gasteiger partial charge in [-0.25, -0.2) is 9.97 Å². The number of benzene rings is 6. The highest BCUT2D eigenvalue weighted by Gasteiger charge is 2.30. The molecule has 0 N–H and O–H groups in total. The summed E-state index contributed by atoms with van der Waals surface area (Å²) in [5.41, 5.74) is 26.2. The van der Waals surface area contributed by atoms with E-state index in [-0.39, 0.29) is 0 Å². The third-order valence-electron chi connectivity index (χ3n) is 14.5. The molecule has 0 saturated heterocycles. The van der Waals surface area contributed by atoms with E-state index in [1.807, 2.05) is 0 Å². The Morgan fingerprint density at radius 3 is 0.660 bits per heavy atom. The number of aromatic nitrogens is 2. The van der Waals surface area contributed by atoms with E-state index in [9.17, 15) is 0 Å². The summed E-state index contributed by atoms with van der Waals surface area (Å²) in [7, 11) is 0. The van der Waals surface area contributed by atoms with E-state index in [4.69, 9.17) is 9.97 Å². The van der Waals surface area contributed by atoms with Gasteiger partial charge in [-0.1, -0.05) is 0 Å². The van der Waals surface area contributed by atoms with Crippen LogP contribution in [-0.4, -0.2) is 9.97 Å². The fourth-order valence-electron chi connectivity index (χ4n) is 10.6. The number of hydrogen-bond donors (Lipinski definition) is 0. The van der Waals surface area contributed by atoms with Crippen LogP contribution in [0.25, 0.3) is 86.7 Å². The van der Waals surface area contributed by atoms with Crippen molar-refractivity contribution < 1.29 is 0 Å². The van der Waals surface area contributed by atoms with Gasteiger partial charge in [0.15, 0.2) is 0 Å². The van der Waals surface area contributed by atoms with Gasteiger partial charge in [-0.05, 0) is 232 Å². The molecule has 0 spiro atoms. The molecule has 50 heavy (non-hydrogen) atoms. The van der Waals surface area contributed by atoms with E-state index >= 15 is 0 Å². The molecule has 1 heterocycles. The maximum atomic E-state index is 5.91. The van der Waals surface area contributed by atoms with Crippen LogP contribution < -0.4 is 0 Å². The largest absolute Gasteiger partial charge is 0.243 e. The Bertz CT molecular complexity index is 2900. The second kappa shape index (κ2) is 9.60. The first-order valence-electron chi connectivity index (χ1n) is 18.4. The Labute approximate surface area is 295 Å². The van der Waals surface area contributed by atoms with Crippen molar-refractivity contribution in [2.75, 3.05) is 0 Å². The summed E-state index contributed by atoms with van der Waals surface area (Å²) < 4.78 is 0. The van der Waals surface area contributed by atoms with Gasteiger partial charge in [0.1, 0.15) is 0 Å². The maximum Gasteiger partial charge on any atom is 0.0986 e. The van der Waals surface area contributed by atoms with Crippen LogP contribution in [0.15, 0.2) is 0 Å². The van der Waals surface area contributed by atoms with Crippen LogP contribution in [0.4, 0.5) is 0 Å². The predicted molar refractivity (Wildman–Crippen MR) is 220 cm³/mol. The Hall–Kier alpha value is -4.56. The standard InChI is InChI=1S/C48H48N2/c1-17-19(3)27(11)37-33(23(17)7)31(15)35-25(9)21(5)29(13)39-41(35)43(37)47-45(39)50-48-44-38-28(12)20(4)18(2)24(8)34(38)32(16)36-26(10)22(6)30(14)40(42(36)44)46(48)49-47/h1-16H3. The smallest absolute Gasteiger partial charge is 0.0986 e. The molecule has 0 radical (unpaired) electrons. The summed E-state index contributed by atoms with van der Waals surface area (Å²) in [5, 5.41) is 16.2. The highest BCUT2D eigenvalue weighted by Crippen LogP contribution is 2.53. The third-order valence-corrected chi connectivity index (χ3v) is 14.5. The van der Waals surface area contributed by atoms with E-state index in [1.54, 1.807) is 0 Å². The fraction of sp³-hybridized carbons (Fsp3) is 0.333. The SMILES string of the molecule is Cc1c(C)c(C)c2c(c1C)c(C)c1c(C)c(C)c(C)c3c4nc5c(nc4c2c13)c1c(C)c(C)c(C)c2c(C)c3c(C)c(C)c(C)c(C)c3c5c21. The zero-order valence-electron chi connectivity index (χ0n) is 32.9. The van der Waals surface area contributed by atoms with Gasteiger partial charge in [-0.2, -0.15) is 0 Å².